The van der Waals surface area contributed by atoms with E-state index in [1.54, 1.807) is 36.4 Å². The van der Waals surface area contributed by atoms with Gasteiger partial charge in [-0.05, 0) is 48.5 Å². The van der Waals surface area contributed by atoms with Crippen molar-refractivity contribution in [3.63, 3.8) is 0 Å². The number of alkyl halides is 3. The zero-order valence-electron chi connectivity index (χ0n) is 15.6. The van der Waals surface area contributed by atoms with Crippen LogP contribution in [0.4, 0.5) is 24.5 Å². The molecule has 0 bridgehead atoms. The Morgan fingerprint density at radius 1 is 0.800 bits per heavy atom. The number of hydrogen-bond donors (Lipinski definition) is 2. The van der Waals surface area contributed by atoms with Gasteiger partial charge in [-0.15, -0.1) is 0 Å². The molecule has 3 aromatic carbocycles. The molecule has 5 nitrogen and oxygen atoms in total. The number of carbonyl (C=O) groups excluding carboxylic acids is 2. The molecule has 30 heavy (non-hydrogen) atoms. The first kappa shape index (κ1) is 20.9. The van der Waals surface area contributed by atoms with Crippen molar-refractivity contribution in [1.29, 1.82) is 0 Å². The van der Waals surface area contributed by atoms with E-state index in [4.69, 9.17) is 4.74 Å². The summed E-state index contributed by atoms with van der Waals surface area (Å²) in [6, 6.07) is 19.2. The quantitative estimate of drug-likeness (QED) is 0.598. The molecule has 0 aliphatic rings. The fourth-order valence-corrected chi connectivity index (χ4v) is 2.58. The molecule has 0 saturated heterocycles. The summed E-state index contributed by atoms with van der Waals surface area (Å²) in [7, 11) is 0. The highest BCUT2D eigenvalue weighted by Gasteiger charge is 2.30. The van der Waals surface area contributed by atoms with Crippen molar-refractivity contribution in [3.05, 3.63) is 90.0 Å². The zero-order chi connectivity index (χ0) is 21.6. The van der Waals surface area contributed by atoms with Crippen molar-refractivity contribution in [2.45, 2.75) is 6.18 Å². The molecule has 0 fully saturated rings. The SMILES string of the molecule is O=C(COc1ccccc1)Nc1cccc(C(=O)Nc2cccc(C(F)(F)F)c2)c1. The molecule has 0 atom stereocenters. The fraction of sp³-hybridized carbons (Fsp3) is 0.0909. The van der Waals surface area contributed by atoms with Crippen molar-refractivity contribution in [2.24, 2.45) is 0 Å². The van der Waals surface area contributed by atoms with Crippen LogP contribution in [0.5, 0.6) is 5.75 Å². The number of rotatable bonds is 6. The summed E-state index contributed by atoms with van der Waals surface area (Å²) in [6.07, 6.45) is -4.51. The Balaban J connectivity index is 1.62. The van der Waals surface area contributed by atoms with Crippen LogP contribution in [-0.4, -0.2) is 18.4 Å². The van der Waals surface area contributed by atoms with Gasteiger partial charge in [0.25, 0.3) is 11.8 Å². The molecule has 0 unspecified atom stereocenters. The van der Waals surface area contributed by atoms with Crippen LogP contribution < -0.4 is 15.4 Å². The second kappa shape index (κ2) is 9.13. The van der Waals surface area contributed by atoms with Gasteiger partial charge in [-0.1, -0.05) is 30.3 Å². The maximum Gasteiger partial charge on any atom is 0.416 e. The van der Waals surface area contributed by atoms with Crippen molar-refractivity contribution in [2.75, 3.05) is 17.2 Å². The molecule has 2 amide bonds. The van der Waals surface area contributed by atoms with Crippen LogP contribution in [-0.2, 0) is 11.0 Å². The fourth-order valence-electron chi connectivity index (χ4n) is 2.58. The Labute approximate surface area is 170 Å². The highest BCUT2D eigenvalue weighted by Crippen LogP contribution is 2.30. The monoisotopic (exact) mass is 414 g/mol. The molecule has 3 aromatic rings. The average molecular weight is 414 g/mol. The van der Waals surface area contributed by atoms with E-state index in [1.807, 2.05) is 6.07 Å². The van der Waals surface area contributed by atoms with E-state index >= 15 is 0 Å². The third-order valence-corrected chi connectivity index (χ3v) is 3.97. The molecule has 0 heterocycles. The minimum Gasteiger partial charge on any atom is -0.484 e. The summed E-state index contributed by atoms with van der Waals surface area (Å²) >= 11 is 0. The summed E-state index contributed by atoms with van der Waals surface area (Å²) in [4.78, 5) is 24.4. The van der Waals surface area contributed by atoms with Gasteiger partial charge in [0.05, 0.1) is 5.56 Å². The molecule has 0 aliphatic carbocycles. The lowest BCUT2D eigenvalue weighted by atomic mass is 10.1. The van der Waals surface area contributed by atoms with Gasteiger partial charge in [-0.3, -0.25) is 9.59 Å². The van der Waals surface area contributed by atoms with Crippen molar-refractivity contribution >= 4 is 23.2 Å². The third-order valence-electron chi connectivity index (χ3n) is 3.97. The van der Waals surface area contributed by atoms with Gasteiger partial charge in [0.2, 0.25) is 0 Å². The number of hydrogen-bond acceptors (Lipinski definition) is 3. The van der Waals surface area contributed by atoms with Crippen molar-refractivity contribution in [3.8, 4) is 5.75 Å². The normalized spacial score (nSPS) is 10.9. The van der Waals surface area contributed by atoms with Gasteiger partial charge in [-0.25, -0.2) is 0 Å². The van der Waals surface area contributed by atoms with Crippen LogP contribution in [0, 0.1) is 0 Å². The lowest BCUT2D eigenvalue weighted by molar-refractivity contribution is -0.137. The van der Waals surface area contributed by atoms with Gasteiger partial charge in [0, 0.05) is 16.9 Å². The predicted molar refractivity (Wildman–Crippen MR) is 106 cm³/mol. The van der Waals surface area contributed by atoms with E-state index in [9.17, 15) is 22.8 Å². The first-order chi connectivity index (χ1) is 14.3. The second-order valence-corrected chi connectivity index (χ2v) is 6.26. The molecule has 0 saturated carbocycles. The first-order valence-corrected chi connectivity index (χ1v) is 8.87. The standard InChI is InChI=1S/C22H17F3N2O3/c23-22(24,25)16-7-5-9-18(13-16)27-21(29)15-6-4-8-17(12-15)26-20(28)14-30-19-10-2-1-3-11-19/h1-13H,14H2,(H,26,28)(H,27,29). The molecular weight excluding hydrogens is 397 g/mol. The van der Waals surface area contributed by atoms with E-state index in [2.05, 4.69) is 10.6 Å². The largest absolute Gasteiger partial charge is 0.484 e. The number of ether oxygens (including phenoxy) is 1. The lowest BCUT2D eigenvalue weighted by Gasteiger charge is -2.11. The topological polar surface area (TPSA) is 67.4 Å². The number of anilines is 2. The predicted octanol–water partition coefficient (Wildman–Crippen LogP) is 4.98. The number of para-hydroxylation sites is 1. The maximum atomic E-state index is 12.8. The average Bonchev–Trinajstić information content (AvgIpc) is 2.73. The Morgan fingerprint density at radius 2 is 1.47 bits per heavy atom. The van der Waals surface area contributed by atoms with Crippen LogP contribution >= 0.6 is 0 Å². The molecule has 2 N–H and O–H groups in total. The van der Waals surface area contributed by atoms with E-state index in [0.717, 1.165) is 12.1 Å². The van der Waals surface area contributed by atoms with E-state index in [0.29, 0.717) is 11.4 Å². The van der Waals surface area contributed by atoms with Crippen LogP contribution in [0.1, 0.15) is 15.9 Å². The molecular formula is C22H17F3N2O3. The molecule has 154 valence electrons. The van der Waals surface area contributed by atoms with Gasteiger partial charge < -0.3 is 15.4 Å². The zero-order valence-corrected chi connectivity index (χ0v) is 15.6. The van der Waals surface area contributed by atoms with Crippen LogP contribution in [0.3, 0.4) is 0 Å². The van der Waals surface area contributed by atoms with Crippen LogP contribution in [0.2, 0.25) is 0 Å². The summed E-state index contributed by atoms with van der Waals surface area (Å²) in [5, 5.41) is 5.03. The summed E-state index contributed by atoms with van der Waals surface area (Å²) < 4.78 is 43.8. The van der Waals surface area contributed by atoms with Gasteiger partial charge in [-0.2, -0.15) is 13.2 Å². The summed E-state index contributed by atoms with van der Waals surface area (Å²) in [5.41, 5.74) is -0.317. The minimum absolute atomic E-state index is 0.0144. The van der Waals surface area contributed by atoms with Crippen LogP contribution in [0.15, 0.2) is 78.9 Å². The molecule has 8 heteroatoms. The number of halogens is 3. The van der Waals surface area contributed by atoms with E-state index in [-0.39, 0.29) is 17.9 Å². The highest BCUT2D eigenvalue weighted by molar-refractivity contribution is 6.05. The van der Waals surface area contributed by atoms with Crippen molar-refractivity contribution < 1.29 is 27.5 Å². The lowest BCUT2D eigenvalue weighted by Crippen LogP contribution is -2.20. The molecule has 0 spiro atoms. The number of nitrogens with one attached hydrogen (secondary N) is 2. The number of benzene rings is 3. The molecule has 0 radical (unpaired) electrons. The molecule has 3 rings (SSSR count). The van der Waals surface area contributed by atoms with Gasteiger partial charge >= 0.3 is 6.18 Å². The maximum absolute atomic E-state index is 12.8. The van der Waals surface area contributed by atoms with Gasteiger partial charge in [0.1, 0.15) is 5.75 Å². The van der Waals surface area contributed by atoms with Gasteiger partial charge in [0.15, 0.2) is 6.61 Å². The second-order valence-electron chi connectivity index (χ2n) is 6.26. The summed E-state index contributed by atoms with van der Waals surface area (Å²) in [5.74, 6) is -0.484. The number of carbonyl (C=O) groups is 2. The Bertz CT molecular complexity index is 1040. The Kier molecular flexibility index (Phi) is 6.36. The van der Waals surface area contributed by atoms with Crippen molar-refractivity contribution in [1.82, 2.24) is 0 Å². The Morgan fingerprint density at radius 3 is 2.17 bits per heavy atom. The molecule has 0 aromatic heterocycles. The number of amides is 2. The Hall–Kier alpha value is -3.81. The smallest absolute Gasteiger partial charge is 0.416 e. The van der Waals surface area contributed by atoms with Crippen LogP contribution in [0.25, 0.3) is 0 Å². The third kappa shape index (κ3) is 5.84. The van der Waals surface area contributed by atoms with E-state index in [1.165, 1.54) is 24.3 Å². The van der Waals surface area contributed by atoms with E-state index < -0.39 is 23.6 Å². The molecule has 0 aliphatic heterocycles. The highest BCUT2D eigenvalue weighted by atomic mass is 19.4. The minimum atomic E-state index is -4.51. The first-order valence-electron chi connectivity index (χ1n) is 8.87. The summed E-state index contributed by atoms with van der Waals surface area (Å²) in [6.45, 7) is -0.218.